The van der Waals surface area contributed by atoms with Crippen molar-refractivity contribution >= 4 is 29.3 Å². The summed E-state index contributed by atoms with van der Waals surface area (Å²) in [5, 5.41) is 0. The molecule has 0 radical (unpaired) electrons. The molecule has 0 bridgehead atoms. The molecule has 3 aliphatic rings. The molecule has 14 heavy (non-hydrogen) atoms. The molecule has 2 saturated carbocycles. The maximum atomic E-state index is 12.1. The molecule has 1 nitrogen and oxygen atoms in total. The predicted molar refractivity (Wildman–Crippen MR) is 62.7 cm³/mol. The van der Waals surface area contributed by atoms with Crippen LogP contribution in [-0.2, 0) is 4.79 Å². The highest BCUT2D eigenvalue weighted by atomic mass is 32.2. The summed E-state index contributed by atoms with van der Waals surface area (Å²) in [4.78, 5) is 12.1. The molecule has 1 spiro atoms. The van der Waals surface area contributed by atoms with Crippen LogP contribution >= 0.6 is 23.5 Å². The Morgan fingerprint density at radius 3 is 2.64 bits per heavy atom. The minimum Gasteiger partial charge on any atom is -0.297 e. The Bertz CT molecular complexity index is 258. The van der Waals surface area contributed by atoms with Crippen LogP contribution < -0.4 is 0 Å². The molecule has 1 saturated heterocycles. The molecule has 1 heterocycles. The highest BCUT2D eigenvalue weighted by molar-refractivity contribution is 8.22. The van der Waals surface area contributed by atoms with E-state index in [1.807, 2.05) is 23.5 Å². The second-order valence-corrected chi connectivity index (χ2v) is 7.58. The van der Waals surface area contributed by atoms with E-state index in [1.165, 1.54) is 37.2 Å². The zero-order valence-corrected chi connectivity index (χ0v) is 9.96. The molecular weight excluding hydrogens is 212 g/mol. The molecule has 0 unspecified atom stereocenters. The maximum absolute atomic E-state index is 12.1. The third-order valence-electron chi connectivity index (χ3n) is 3.95. The minimum absolute atomic E-state index is 0.0328. The third-order valence-corrected chi connectivity index (χ3v) is 7.65. The molecule has 2 atom stereocenters. The highest BCUT2D eigenvalue weighted by Crippen LogP contribution is 2.60. The molecule has 0 aromatic heterocycles. The van der Waals surface area contributed by atoms with Gasteiger partial charge in [-0.3, -0.25) is 4.79 Å². The Labute approximate surface area is 93.8 Å². The van der Waals surface area contributed by atoms with Gasteiger partial charge in [0.1, 0.15) is 4.08 Å². The van der Waals surface area contributed by atoms with E-state index in [9.17, 15) is 4.79 Å². The van der Waals surface area contributed by atoms with E-state index in [2.05, 4.69) is 0 Å². The number of hydrogen-bond acceptors (Lipinski definition) is 3. The summed E-state index contributed by atoms with van der Waals surface area (Å²) in [6.45, 7) is 0. The largest absolute Gasteiger partial charge is 0.297 e. The molecular formula is C11H16OS2. The molecule has 0 amide bonds. The highest BCUT2D eigenvalue weighted by Gasteiger charge is 2.57. The first kappa shape index (κ1) is 9.59. The van der Waals surface area contributed by atoms with E-state index in [-0.39, 0.29) is 4.08 Å². The first-order valence-corrected chi connectivity index (χ1v) is 7.61. The Morgan fingerprint density at radius 1 is 1.14 bits per heavy atom. The second-order valence-electron chi connectivity index (χ2n) is 4.64. The van der Waals surface area contributed by atoms with E-state index in [1.54, 1.807) is 0 Å². The molecule has 78 valence electrons. The van der Waals surface area contributed by atoms with Crippen LogP contribution in [0.15, 0.2) is 0 Å². The number of Topliss-reactive ketones (excluding diaryl/α,β-unsaturated/α-hetero) is 1. The van der Waals surface area contributed by atoms with Crippen LogP contribution in [0.2, 0.25) is 0 Å². The van der Waals surface area contributed by atoms with Crippen molar-refractivity contribution in [3.8, 4) is 0 Å². The van der Waals surface area contributed by atoms with Crippen molar-refractivity contribution < 1.29 is 4.79 Å². The molecule has 1 aliphatic heterocycles. The summed E-state index contributed by atoms with van der Waals surface area (Å²) in [6, 6.07) is 0. The Morgan fingerprint density at radius 2 is 1.86 bits per heavy atom. The summed E-state index contributed by atoms with van der Waals surface area (Å²) in [5.74, 6) is 4.43. The number of rotatable bonds is 0. The fourth-order valence-corrected chi connectivity index (χ4v) is 6.99. The van der Waals surface area contributed by atoms with Gasteiger partial charge in [0.25, 0.3) is 0 Å². The lowest BCUT2D eigenvalue weighted by molar-refractivity contribution is -0.118. The van der Waals surface area contributed by atoms with Crippen LogP contribution in [0.4, 0.5) is 0 Å². The molecule has 0 aromatic carbocycles. The Kier molecular flexibility index (Phi) is 2.36. The van der Waals surface area contributed by atoms with Crippen molar-refractivity contribution in [1.29, 1.82) is 0 Å². The minimum atomic E-state index is 0.0328. The van der Waals surface area contributed by atoms with Gasteiger partial charge in [-0.2, -0.15) is 0 Å². The van der Waals surface area contributed by atoms with Crippen molar-refractivity contribution in [3.05, 3.63) is 0 Å². The van der Waals surface area contributed by atoms with E-state index in [0.717, 1.165) is 18.3 Å². The zero-order valence-electron chi connectivity index (χ0n) is 8.33. The van der Waals surface area contributed by atoms with Crippen molar-refractivity contribution in [2.24, 2.45) is 11.8 Å². The summed E-state index contributed by atoms with van der Waals surface area (Å²) < 4.78 is 0.0328. The lowest BCUT2D eigenvalue weighted by Crippen LogP contribution is -2.33. The van der Waals surface area contributed by atoms with Crippen LogP contribution in [0.3, 0.4) is 0 Å². The number of carbonyl (C=O) groups is 1. The third kappa shape index (κ3) is 1.21. The fraction of sp³-hybridized carbons (Fsp3) is 0.909. The smallest absolute Gasteiger partial charge is 0.159 e. The van der Waals surface area contributed by atoms with Gasteiger partial charge >= 0.3 is 0 Å². The van der Waals surface area contributed by atoms with Crippen LogP contribution in [-0.4, -0.2) is 21.4 Å². The molecule has 3 rings (SSSR count). The lowest BCUT2D eigenvalue weighted by Gasteiger charge is -2.33. The average Bonchev–Trinajstić information content (AvgIpc) is 2.77. The molecule has 3 fully saturated rings. The van der Waals surface area contributed by atoms with Gasteiger partial charge in [0.2, 0.25) is 0 Å². The number of carbonyl (C=O) groups excluding carboxylic acids is 1. The first-order valence-electron chi connectivity index (χ1n) is 5.64. The lowest BCUT2D eigenvalue weighted by atomic mass is 9.81. The van der Waals surface area contributed by atoms with Crippen molar-refractivity contribution in [3.63, 3.8) is 0 Å². The van der Waals surface area contributed by atoms with Gasteiger partial charge < -0.3 is 0 Å². The number of fused-ring (bicyclic) bond motifs is 2. The van der Waals surface area contributed by atoms with Gasteiger partial charge in [-0.15, -0.1) is 23.5 Å². The van der Waals surface area contributed by atoms with Gasteiger partial charge in [0, 0.05) is 17.9 Å². The SMILES string of the molecule is O=C1C[C@H]2CCCC[C@@H]2C12SCCS2. The molecule has 0 aromatic rings. The van der Waals surface area contributed by atoms with Gasteiger partial charge in [0.05, 0.1) is 0 Å². The van der Waals surface area contributed by atoms with E-state index in [0.29, 0.717) is 5.78 Å². The van der Waals surface area contributed by atoms with Crippen LogP contribution in [0.1, 0.15) is 32.1 Å². The van der Waals surface area contributed by atoms with Crippen molar-refractivity contribution in [2.45, 2.75) is 36.2 Å². The summed E-state index contributed by atoms with van der Waals surface area (Å²) in [6.07, 6.45) is 6.25. The van der Waals surface area contributed by atoms with E-state index in [4.69, 9.17) is 0 Å². The summed E-state index contributed by atoms with van der Waals surface area (Å²) in [5.41, 5.74) is 0. The predicted octanol–water partition coefficient (Wildman–Crippen LogP) is 2.94. The van der Waals surface area contributed by atoms with Gasteiger partial charge in [-0.25, -0.2) is 0 Å². The quantitative estimate of drug-likeness (QED) is 0.634. The molecule has 2 aliphatic carbocycles. The average molecular weight is 228 g/mol. The van der Waals surface area contributed by atoms with Crippen molar-refractivity contribution in [2.75, 3.05) is 11.5 Å². The monoisotopic (exact) mass is 228 g/mol. The van der Waals surface area contributed by atoms with Crippen molar-refractivity contribution in [1.82, 2.24) is 0 Å². The fourth-order valence-electron chi connectivity index (χ4n) is 3.34. The normalized spacial score (nSPS) is 40.4. The summed E-state index contributed by atoms with van der Waals surface area (Å²) >= 11 is 3.92. The molecule has 0 N–H and O–H groups in total. The number of ketones is 1. The topological polar surface area (TPSA) is 17.1 Å². The number of hydrogen-bond donors (Lipinski definition) is 0. The summed E-state index contributed by atoms with van der Waals surface area (Å²) in [7, 11) is 0. The van der Waals surface area contributed by atoms with E-state index < -0.39 is 0 Å². The van der Waals surface area contributed by atoms with Gasteiger partial charge in [0.15, 0.2) is 5.78 Å². The zero-order chi connectivity index (χ0) is 9.60. The first-order chi connectivity index (χ1) is 6.83. The van der Waals surface area contributed by atoms with E-state index >= 15 is 0 Å². The Hall–Kier alpha value is 0.370. The maximum Gasteiger partial charge on any atom is 0.159 e. The Balaban J connectivity index is 1.91. The van der Waals surface area contributed by atoms with Gasteiger partial charge in [-0.05, 0) is 24.7 Å². The number of thioether (sulfide) groups is 2. The van der Waals surface area contributed by atoms with Crippen LogP contribution in [0.25, 0.3) is 0 Å². The standard InChI is InChI=1S/C11H16OS2/c12-10-7-8-3-1-2-4-9(8)11(10)13-5-6-14-11/h8-9H,1-7H2/t8-,9+/m1/s1. The second kappa shape index (κ2) is 3.44. The van der Waals surface area contributed by atoms with Crippen LogP contribution in [0, 0.1) is 11.8 Å². The molecule has 3 heteroatoms. The van der Waals surface area contributed by atoms with Gasteiger partial charge in [-0.1, -0.05) is 12.8 Å². The van der Waals surface area contributed by atoms with Crippen LogP contribution in [0.5, 0.6) is 0 Å².